The van der Waals surface area contributed by atoms with Crippen LogP contribution in [0, 0.1) is 0 Å². The molecule has 0 radical (unpaired) electrons. The molecule has 0 bridgehead atoms. The van der Waals surface area contributed by atoms with Crippen molar-refractivity contribution in [1.82, 2.24) is 19.5 Å². The van der Waals surface area contributed by atoms with Crippen molar-refractivity contribution in [3.63, 3.8) is 0 Å². The van der Waals surface area contributed by atoms with E-state index in [0.29, 0.717) is 11.4 Å². The van der Waals surface area contributed by atoms with Crippen LogP contribution in [0.1, 0.15) is 6.23 Å². The summed E-state index contributed by atoms with van der Waals surface area (Å²) in [4.78, 5) is 22.0. The van der Waals surface area contributed by atoms with E-state index < -0.39 is 24.5 Å². The third kappa shape index (κ3) is 2.03. The number of hydrogen-bond acceptors (Lipinski definition) is 7. The maximum absolute atomic E-state index is 11.6. The first-order valence-corrected chi connectivity index (χ1v) is 7.43. The lowest BCUT2D eigenvalue weighted by Crippen LogP contribution is -2.32. The fraction of sp³-hybridized carbons (Fsp3) is 0.545. The van der Waals surface area contributed by atoms with E-state index in [0.717, 1.165) is 0 Å². The zero-order chi connectivity index (χ0) is 14.3. The van der Waals surface area contributed by atoms with Gasteiger partial charge in [-0.15, -0.1) is 0 Å². The average Bonchev–Trinajstić information content (AvgIpc) is 2.97. The van der Waals surface area contributed by atoms with E-state index in [4.69, 9.17) is 4.74 Å². The maximum atomic E-state index is 11.6. The number of aromatic nitrogens is 4. The highest BCUT2D eigenvalue weighted by Gasteiger charge is 2.43. The lowest BCUT2D eigenvalue weighted by atomic mass is 10.1. The van der Waals surface area contributed by atoms with E-state index in [1.165, 1.54) is 29.0 Å². The number of imidazole rings is 1. The van der Waals surface area contributed by atoms with Crippen molar-refractivity contribution in [2.75, 3.05) is 12.0 Å². The smallest absolute Gasteiger partial charge is 0.278 e. The summed E-state index contributed by atoms with van der Waals surface area (Å²) in [5, 5.41) is 20.1. The van der Waals surface area contributed by atoms with Crippen LogP contribution in [0.2, 0.25) is 0 Å². The summed E-state index contributed by atoms with van der Waals surface area (Å²) in [6.45, 7) is 0. The molecule has 9 heteroatoms. The van der Waals surface area contributed by atoms with Crippen LogP contribution in [0.5, 0.6) is 0 Å². The Labute approximate surface area is 117 Å². The Morgan fingerprint density at radius 1 is 1.45 bits per heavy atom. The van der Waals surface area contributed by atoms with Crippen molar-refractivity contribution >= 4 is 22.9 Å². The Morgan fingerprint density at radius 3 is 3.00 bits per heavy atom. The molecule has 1 saturated heterocycles. The molecule has 3 rings (SSSR count). The van der Waals surface area contributed by atoms with E-state index in [2.05, 4.69) is 15.0 Å². The van der Waals surface area contributed by atoms with Gasteiger partial charge in [0.15, 0.2) is 17.4 Å². The fourth-order valence-electron chi connectivity index (χ4n) is 2.31. The van der Waals surface area contributed by atoms with Crippen molar-refractivity contribution < 1.29 is 14.9 Å². The molecule has 20 heavy (non-hydrogen) atoms. The Bertz CT molecular complexity index is 672. The van der Waals surface area contributed by atoms with E-state index in [-0.39, 0.29) is 11.1 Å². The van der Waals surface area contributed by atoms with Gasteiger partial charge in [0.2, 0.25) is 0 Å². The first-order valence-electron chi connectivity index (χ1n) is 6.04. The van der Waals surface area contributed by atoms with Gasteiger partial charge in [0.1, 0.15) is 12.2 Å². The monoisotopic (exact) mass is 298 g/mol. The lowest BCUT2D eigenvalue weighted by Gasteiger charge is -2.16. The molecular formula is C11H14N4O4S. The number of aliphatic hydroxyl groups is 2. The molecule has 1 aliphatic heterocycles. The number of hydrogen-bond donors (Lipinski definition) is 3. The fourth-order valence-corrected chi connectivity index (χ4v) is 2.91. The molecule has 2 unspecified atom stereocenters. The van der Waals surface area contributed by atoms with Crippen LogP contribution in [0.25, 0.3) is 11.2 Å². The highest BCUT2D eigenvalue weighted by Crippen LogP contribution is 2.31. The van der Waals surface area contributed by atoms with Crippen LogP contribution in [-0.4, -0.2) is 60.1 Å². The number of nitrogens with one attached hydrogen (secondary N) is 1. The molecule has 2 aromatic heterocycles. The minimum atomic E-state index is -1.09. The first kappa shape index (κ1) is 13.6. The zero-order valence-electron chi connectivity index (χ0n) is 10.6. The second-order valence-corrected chi connectivity index (χ2v) is 5.47. The van der Waals surface area contributed by atoms with Gasteiger partial charge in [-0.05, 0) is 6.26 Å². The summed E-state index contributed by atoms with van der Waals surface area (Å²) >= 11 is 1.52. The minimum absolute atomic E-state index is 0.172. The number of fused-ring (bicyclic) bond motifs is 1. The predicted molar refractivity (Wildman–Crippen MR) is 72.5 cm³/mol. The van der Waals surface area contributed by atoms with E-state index in [1.54, 1.807) is 0 Å². The molecule has 4 atom stereocenters. The Hall–Kier alpha value is -1.42. The summed E-state index contributed by atoms with van der Waals surface area (Å²) in [6, 6.07) is 0. The minimum Gasteiger partial charge on any atom is -0.387 e. The molecular weight excluding hydrogens is 284 g/mol. The van der Waals surface area contributed by atoms with E-state index >= 15 is 0 Å². The molecule has 0 aromatic carbocycles. The van der Waals surface area contributed by atoms with Crippen molar-refractivity contribution in [1.29, 1.82) is 0 Å². The Morgan fingerprint density at radius 2 is 2.25 bits per heavy atom. The van der Waals surface area contributed by atoms with Crippen molar-refractivity contribution in [3.8, 4) is 0 Å². The largest absolute Gasteiger partial charge is 0.387 e. The maximum Gasteiger partial charge on any atom is 0.278 e. The molecule has 0 saturated carbocycles. The summed E-state index contributed by atoms with van der Waals surface area (Å²) in [7, 11) is 0. The summed E-state index contributed by atoms with van der Waals surface area (Å²) in [5.41, 5.74) is 0.128. The van der Waals surface area contributed by atoms with Gasteiger partial charge in [-0.1, -0.05) is 0 Å². The van der Waals surface area contributed by atoms with Crippen molar-refractivity contribution in [2.24, 2.45) is 0 Å². The number of nitrogens with zero attached hydrogens (tertiary/aromatic N) is 3. The van der Waals surface area contributed by atoms with Crippen molar-refractivity contribution in [2.45, 2.75) is 24.5 Å². The summed E-state index contributed by atoms with van der Waals surface area (Å²) in [5.74, 6) is 0.565. The highest BCUT2D eigenvalue weighted by atomic mass is 32.2. The molecule has 108 valence electrons. The highest BCUT2D eigenvalue weighted by molar-refractivity contribution is 7.98. The Kier molecular flexibility index (Phi) is 3.50. The second kappa shape index (κ2) is 5.17. The molecule has 0 spiro atoms. The van der Waals surface area contributed by atoms with Gasteiger partial charge in [-0.25, -0.2) is 9.97 Å². The number of thioether (sulfide) groups is 1. The van der Waals surface area contributed by atoms with Crippen LogP contribution in [0.15, 0.2) is 17.4 Å². The first-order chi connectivity index (χ1) is 9.63. The molecule has 0 aliphatic carbocycles. The number of aliphatic hydroxyl groups excluding tert-OH is 2. The molecule has 2 aromatic rings. The summed E-state index contributed by atoms with van der Waals surface area (Å²) in [6.07, 6.45) is 1.20. The molecule has 8 nitrogen and oxygen atoms in total. The van der Waals surface area contributed by atoms with Crippen LogP contribution in [0.4, 0.5) is 0 Å². The third-order valence-corrected chi connectivity index (χ3v) is 3.97. The van der Waals surface area contributed by atoms with Gasteiger partial charge >= 0.3 is 0 Å². The summed E-state index contributed by atoms with van der Waals surface area (Å²) < 4.78 is 7.14. The van der Waals surface area contributed by atoms with Crippen LogP contribution < -0.4 is 5.56 Å². The van der Waals surface area contributed by atoms with Gasteiger partial charge in [-0.3, -0.25) is 9.36 Å². The van der Waals surface area contributed by atoms with Gasteiger partial charge in [0.25, 0.3) is 5.56 Å². The quantitative estimate of drug-likeness (QED) is 0.673. The Balaban J connectivity index is 1.99. The van der Waals surface area contributed by atoms with Gasteiger partial charge < -0.3 is 19.9 Å². The number of ether oxygens (including phenoxy) is 1. The van der Waals surface area contributed by atoms with Gasteiger partial charge in [-0.2, -0.15) is 11.8 Å². The number of H-pyrrole nitrogens is 1. The topological polar surface area (TPSA) is 113 Å². The van der Waals surface area contributed by atoms with Crippen LogP contribution in [0.3, 0.4) is 0 Å². The van der Waals surface area contributed by atoms with E-state index in [1.807, 2.05) is 6.26 Å². The van der Waals surface area contributed by atoms with E-state index in [9.17, 15) is 15.0 Å². The van der Waals surface area contributed by atoms with Crippen LogP contribution in [-0.2, 0) is 4.74 Å². The number of aromatic amines is 1. The normalized spacial score (nSPS) is 30.1. The standard InChI is InChI=1S/C11H14N4O4S/c1-20-2-5-7(16)8(17)11(19-5)15-4-14-6-9(15)12-3-13-10(6)18/h3-5,7-8,11,16-17H,2H2,1H3,(H,12,13,18)/t5-,7?,8?,11-/m1/s1. The van der Waals surface area contributed by atoms with Crippen LogP contribution >= 0.6 is 11.8 Å². The molecule has 1 fully saturated rings. The molecule has 3 N–H and O–H groups in total. The third-order valence-electron chi connectivity index (χ3n) is 3.31. The predicted octanol–water partition coefficient (Wildman–Crippen LogP) is -0.898. The average molecular weight is 298 g/mol. The zero-order valence-corrected chi connectivity index (χ0v) is 11.4. The molecule has 3 heterocycles. The SMILES string of the molecule is CSC[C@H]1O[C@@H](n2cnc3c(=O)[nH]cnc32)C(O)C1O. The molecule has 0 amide bonds. The van der Waals surface area contributed by atoms with Gasteiger partial charge in [0.05, 0.1) is 18.8 Å². The van der Waals surface area contributed by atoms with Crippen molar-refractivity contribution in [3.05, 3.63) is 23.0 Å². The van der Waals surface area contributed by atoms with Gasteiger partial charge in [0, 0.05) is 5.75 Å². The lowest BCUT2D eigenvalue weighted by molar-refractivity contribution is -0.0288. The second-order valence-electron chi connectivity index (χ2n) is 4.56. The molecule has 1 aliphatic rings. The number of rotatable bonds is 3.